The summed E-state index contributed by atoms with van der Waals surface area (Å²) in [6.45, 7) is -0.445. The van der Waals surface area contributed by atoms with Gasteiger partial charge in [-0.3, -0.25) is 0 Å². The van der Waals surface area contributed by atoms with E-state index in [0.717, 1.165) is 0 Å². The van der Waals surface area contributed by atoms with E-state index >= 15 is 0 Å². The van der Waals surface area contributed by atoms with E-state index in [4.69, 9.17) is 15.7 Å². The van der Waals surface area contributed by atoms with Gasteiger partial charge in [0.15, 0.2) is 0 Å². The predicted molar refractivity (Wildman–Crippen MR) is 56.3 cm³/mol. The molecule has 0 amide bonds. The number of hydrogen-bond acceptors (Lipinski definition) is 3. The number of hydrogen-bond donors (Lipinski definition) is 1. The average molecular weight is 244 g/mol. The monoisotopic (exact) mass is 244 g/mol. The van der Waals surface area contributed by atoms with Gasteiger partial charge in [0.2, 0.25) is 0 Å². The quantitative estimate of drug-likeness (QED) is 0.828. The van der Waals surface area contributed by atoms with Crippen molar-refractivity contribution in [3.8, 4) is 11.8 Å². The van der Waals surface area contributed by atoms with Crippen molar-refractivity contribution in [2.75, 3.05) is 12.3 Å². The van der Waals surface area contributed by atoms with Gasteiger partial charge in [0.05, 0.1) is 25.5 Å². The van der Waals surface area contributed by atoms with Crippen molar-refractivity contribution in [3.63, 3.8) is 0 Å². The van der Waals surface area contributed by atoms with E-state index in [2.05, 4.69) is 0 Å². The second kappa shape index (κ2) is 5.43. The minimum atomic E-state index is -4.23. The van der Waals surface area contributed by atoms with Crippen LogP contribution in [-0.4, -0.2) is 12.8 Å². The zero-order chi connectivity index (χ0) is 12.9. The topological polar surface area (TPSA) is 59.0 Å². The summed E-state index contributed by atoms with van der Waals surface area (Å²) in [7, 11) is 0. The highest BCUT2D eigenvalue weighted by Crippen LogP contribution is 2.23. The van der Waals surface area contributed by atoms with E-state index < -0.39 is 19.2 Å². The second-order valence-corrected chi connectivity index (χ2v) is 3.41. The van der Waals surface area contributed by atoms with E-state index in [0.29, 0.717) is 11.3 Å². The number of benzene rings is 1. The Labute approximate surface area is 96.6 Å². The van der Waals surface area contributed by atoms with Crippen LogP contribution in [0.15, 0.2) is 18.2 Å². The summed E-state index contributed by atoms with van der Waals surface area (Å²) in [5.74, 6) is 0.286. The molecular formula is C11H11F3N2O. The lowest BCUT2D eigenvalue weighted by atomic mass is 10.1. The number of nitrogen functional groups attached to an aromatic ring is 1. The molecule has 0 saturated carbocycles. The largest absolute Gasteiger partial charge is 0.493 e. The molecule has 0 aliphatic rings. The number of halogens is 3. The van der Waals surface area contributed by atoms with Gasteiger partial charge in [-0.05, 0) is 23.8 Å². The number of nitriles is 1. The first-order valence-electron chi connectivity index (χ1n) is 4.87. The van der Waals surface area contributed by atoms with Gasteiger partial charge in [-0.15, -0.1) is 0 Å². The first-order chi connectivity index (χ1) is 7.92. The van der Waals surface area contributed by atoms with Crippen LogP contribution in [0.2, 0.25) is 0 Å². The second-order valence-electron chi connectivity index (χ2n) is 3.41. The third kappa shape index (κ3) is 4.64. The van der Waals surface area contributed by atoms with E-state index in [1.54, 1.807) is 0 Å². The summed E-state index contributed by atoms with van der Waals surface area (Å²) in [4.78, 5) is 0. The summed E-state index contributed by atoms with van der Waals surface area (Å²) < 4.78 is 40.6. The average Bonchev–Trinajstić information content (AvgIpc) is 2.21. The third-order valence-electron chi connectivity index (χ3n) is 2.04. The number of nitrogens with zero attached hydrogens (tertiary/aromatic N) is 1. The van der Waals surface area contributed by atoms with Crippen LogP contribution < -0.4 is 10.5 Å². The van der Waals surface area contributed by atoms with Gasteiger partial charge in [-0.1, -0.05) is 0 Å². The van der Waals surface area contributed by atoms with Crippen molar-refractivity contribution >= 4 is 5.69 Å². The molecule has 1 aromatic rings. The maximum absolute atomic E-state index is 11.9. The maximum atomic E-state index is 11.9. The molecule has 3 nitrogen and oxygen atoms in total. The molecule has 6 heteroatoms. The number of anilines is 1. The maximum Gasteiger partial charge on any atom is 0.392 e. The van der Waals surface area contributed by atoms with Crippen LogP contribution in [0.1, 0.15) is 12.0 Å². The minimum Gasteiger partial charge on any atom is -0.493 e. The molecule has 17 heavy (non-hydrogen) atoms. The molecule has 0 radical (unpaired) electrons. The van der Waals surface area contributed by atoms with Gasteiger partial charge in [-0.25, -0.2) is 0 Å². The van der Waals surface area contributed by atoms with Crippen LogP contribution in [-0.2, 0) is 6.42 Å². The van der Waals surface area contributed by atoms with Gasteiger partial charge in [-0.2, -0.15) is 18.4 Å². The normalized spacial score (nSPS) is 10.9. The Morgan fingerprint density at radius 3 is 2.65 bits per heavy atom. The first-order valence-corrected chi connectivity index (χ1v) is 4.87. The molecule has 0 bridgehead atoms. The fraction of sp³-hybridized carbons (Fsp3) is 0.364. The van der Waals surface area contributed by atoms with Crippen molar-refractivity contribution in [2.24, 2.45) is 0 Å². The molecule has 0 atom stereocenters. The molecule has 0 aliphatic heterocycles. The van der Waals surface area contributed by atoms with Crippen LogP contribution in [0.3, 0.4) is 0 Å². The van der Waals surface area contributed by atoms with Gasteiger partial charge in [0, 0.05) is 5.69 Å². The number of ether oxygens (including phenoxy) is 1. The zero-order valence-electron chi connectivity index (χ0n) is 8.92. The van der Waals surface area contributed by atoms with Crippen LogP contribution in [0.25, 0.3) is 0 Å². The molecule has 2 N–H and O–H groups in total. The Morgan fingerprint density at radius 1 is 1.35 bits per heavy atom. The van der Waals surface area contributed by atoms with Crippen LogP contribution in [0, 0.1) is 11.3 Å². The lowest BCUT2D eigenvalue weighted by Gasteiger charge is -2.10. The Kier molecular flexibility index (Phi) is 4.21. The molecule has 0 spiro atoms. The van der Waals surface area contributed by atoms with Crippen molar-refractivity contribution in [1.82, 2.24) is 0 Å². The van der Waals surface area contributed by atoms with Crippen LogP contribution in [0.5, 0.6) is 5.75 Å². The third-order valence-corrected chi connectivity index (χ3v) is 2.04. The Bertz CT molecular complexity index is 424. The molecule has 0 aliphatic carbocycles. The summed E-state index contributed by atoms with van der Waals surface area (Å²) in [6, 6.07) is 6.39. The molecule has 1 aromatic carbocycles. The highest BCUT2D eigenvalue weighted by atomic mass is 19.4. The fourth-order valence-electron chi connectivity index (χ4n) is 1.19. The Hall–Kier alpha value is -1.90. The van der Waals surface area contributed by atoms with Gasteiger partial charge >= 0.3 is 6.18 Å². The van der Waals surface area contributed by atoms with Gasteiger partial charge in [0.1, 0.15) is 5.75 Å². The smallest absolute Gasteiger partial charge is 0.392 e. The first kappa shape index (κ1) is 13.2. The zero-order valence-corrected chi connectivity index (χ0v) is 8.92. The minimum absolute atomic E-state index is 0.0995. The van der Waals surface area contributed by atoms with Gasteiger partial charge in [0.25, 0.3) is 0 Å². The van der Waals surface area contributed by atoms with Gasteiger partial charge < -0.3 is 10.5 Å². The Morgan fingerprint density at radius 2 is 2.06 bits per heavy atom. The highest BCUT2D eigenvalue weighted by molar-refractivity contribution is 5.51. The molecule has 0 unspecified atom stereocenters. The summed E-state index contributed by atoms with van der Waals surface area (Å²) in [5, 5.41) is 8.52. The van der Waals surface area contributed by atoms with E-state index in [9.17, 15) is 13.2 Å². The summed E-state index contributed by atoms with van der Waals surface area (Å²) in [6.07, 6.45) is -5.14. The number of nitrogens with two attached hydrogens (primary N) is 1. The van der Waals surface area contributed by atoms with Crippen molar-refractivity contribution in [2.45, 2.75) is 19.0 Å². The van der Waals surface area contributed by atoms with E-state index in [-0.39, 0.29) is 12.2 Å². The highest BCUT2D eigenvalue weighted by Gasteiger charge is 2.26. The Balaban J connectivity index is 2.61. The summed E-state index contributed by atoms with van der Waals surface area (Å²) >= 11 is 0. The molecule has 0 saturated heterocycles. The fourth-order valence-corrected chi connectivity index (χ4v) is 1.19. The van der Waals surface area contributed by atoms with Crippen molar-refractivity contribution in [3.05, 3.63) is 23.8 Å². The van der Waals surface area contributed by atoms with E-state index in [1.807, 2.05) is 6.07 Å². The predicted octanol–water partition coefficient (Wildman–Crippen LogP) is 2.67. The summed E-state index contributed by atoms with van der Waals surface area (Å²) in [5.41, 5.74) is 6.57. The molecule has 1 rings (SSSR count). The van der Waals surface area contributed by atoms with E-state index in [1.165, 1.54) is 18.2 Å². The number of alkyl halides is 3. The molecule has 0 aromatic heterocycles. The molecule has 0 fully saturated rings. The van der Waals surface area contributed by atoms with Crippen LogP contribution >= 0.6 is 0 Å². The van der Waals surface area contributed by atoms with Crippen molar-refractivity contribution in [1.29, 1.82) is 5.26 Å². The number of rotatable bonds is 4. The lowest BCUT2D eigenvalue weighted by Crippen LogP contribution is -2.13. The molecular weight excluding hydrogens is 233 g/mol. The molecule has 92 valence electrons. The van der Waals surface area contributed by atoms with Crippen molar-refractivity contribution < 1.29 is 17.9 Å². The van der Waals surface area contributed by atoms with Crippen LogP contribution in [0.4, 0.5) is 18.9 Å². The lowest BCUT2D eigenvalue weighted by molar-refractivity contribution is -0.139. The SMILES string of the molecule is N#CCc1cc(OCCC(F)(F)F)ccc1N. The standard InChI is InChI=1S/C11H11F3N2O/c12-11(13,14)4-6-17-9-1-2-10(16)8(7-9)3-5-15/h1-2,7H,3-4,6,16H2. The molecule has 0 heterocycles.